The quantitative estimate of drug-likeness (QED) is 0.761. The number of nitrogens with two attached hydrogens (primary N) is 1. The van der Waals surface area contributed by atoms with E-state index < -0.39 is 5.97 Å². The van der Waals surface area contributed by atoms with E-state index in [-0.39, 0.29) is 17.2 Å². The van der Waals surface area contributed by atoms with Gasteiger partial charge in [0.2, 0.25) is 0 Å². The van der Waals surface area contributed by atoms with Crippen LogP contribution in [0, 0.1) is 0 Å². The maximum Gasteiger partial charge on any atom is 0.341 e. The summed E-state index contributed by atoms with van der Waals surface area (Å²) in [5.74, 6) is -0.330. The summed E-state index contributed by atoms with van der Waals surface area (Å²) in [6.07, 6.45) is 0.839. The summed E-state index contributed by atoms with van der Waals surface area (Å²) >= 11 is 0. The number of carbonyl (C=O) groups is 1. The molecule has 4 heteroatoms. The van der Waals surface area contributed by atoms with Crippen LogP contribution in [0.15, 0.2) is 18.2 Å². The summed E-state index contributed by atoms with van der Waals surface area (Å²) in [6.45, 7) is 2.62. The zero-order chi connectivity index (χ0) is 12.1. The molecule has 0 heterocycles. The topological polar surface area (TPSA) is 72.5 Å². The van der Waals surface area contributed by atoms with Crippen molar-refractivity contribution >= 4 is 5.97 Å². The van der Waals surface area contributed by atoms with Gasteiger partial charge in [0, 0.05) is 0 Å². The van der Waals surface area contributed by atoms with Gasteiger partial charge in [0.25, 0.3) is 0 Å². The highest BCUT2D eigenvalue weighted by Crippen LogP contribution is 2.25. The third-order valence-electron chi connectivity index (χ3n) is 2.59. The number of phenolic OH excluding ortho intramolecular Hbond substituents is 1. The normalized spacial score (nSPS) is 12.2. The Balaban J connectivity index is 3.02. The molecule has 88 valence electrons. The molecule has 0 spiro atoms. The number of esters is 1. The second-order valence-corrected chi connectivity index (χ2v) is 3.75. The molecular weight excluding hydrogens is 206 g/mol. The van der Waals surface area contributed by atoms with Crippen LogP contribution in [0.3, 0.4) is 0 Å². The highest BCUT2D eigenvalue weighted by Gasteiger charge is 2.14. The molecule has 0 aliphatic rings. The molecule has 0 fully saturated rings. The van der Waals surface area contributed by atoms with E-state index in [9.17, 15) is 9.90 Å². The Morgan fingerprint density at radius 2 is 2.25 bits per heavy atom. The van der Waals surface area contributed by atoms with Crippen molar-refractivity contribution in [2.24, 2.45) is 5.73 Å². The Kier molecular flexibility index (Phi) is 4.31. The van der Waals surface area contributed by atoms with Crippen LogP contribution in [0.25, 0.3) is 0 Å². The molecule has 0 bridgehead atoms. The number of aromatic hydroxyl groups is 1. The fourth-order valence-corrected chi connectivity index (χ4v) is 1.55. The van der Waals surface area contributed by atoms with E-state index in [4.69, 9.17) is 5.73 Å². The van der Waals surface area contributed by atoms with Gasteiger partial charge in [0.1, 0.15) is 11.3 Å². The molecule has 1 unspecified atom stereocenters. The molecule has 1 aromatic rings. The van der Waals surface area contributed by atoms with Gasteiger partial charge in [-0.1, -0.05) is 13.0 Å². The molecule has 1 rings (SSSR count). The predicted octanol–water partition coefficient (Wildman–Crippen LogP) is 1.63. The molecule has 1 atom stereocenters. The van der Waals surface area contributed by atoms with Gasteiger partial charge in [0.15, 0.2) is 0 Å². The van der Waals surface area contributed by atoms with E-state index in [0.717, 1.165) is 12.0 Å². The van der Waals surface area contributed by atoms with E-state index >= 15 is 0 Å². The van der Waals surface area contributed by atoms with Crippen molar-refractivity contribution < 1.29 is 14.6 Å². The van der Waals surface area contributed by atoms with Gasteiger partial charge in [-0.3, -0.25) is 0 Å². The minimum absolute atomic E-state index is 0.0597. The molecule has 0 amide bonds. The first-order valence-electron chi connectivity index (χ1n) is 5.21. The zero-order valence-corrected chi connectivity index (χ0v) is 9.56. The van der Waals surface area contributed by atoms with Crippen molar-refractivity contribution in [1.82, 2.24) is 0 Å². The number of hydrogen-bond acceptors (Lipinski definition) is 4. The van der Waals surface area contributed by atoms with Crippen LogP contribution < -0.4 is 5.73 Å². The number of carbonyl (C=O) groups excluding carboxylic acids is 1. The molecule has 0 radical (unpaired) electrons. The van der Waals surface area contributed by atoms with Crippen LogP contribution in [0.5, 0.6) is 5.75 Å². The number of methoxy groups -OCH3 is 1. The lowest BCUT2D eigenvalue weighted by Gasteiger charge is -2.12. The molecular formula is C12H17NO3. The van der Waals surface area contributed by atoms with Crippen molar-refractivity contribution in [1.29, 1.82) is 0 Å². The first-order valence-corrected chi connectivity index (χ1v) is 5.21. The third-order valence-corrected chi connectivity index (χ3v) is 2.59. The Morgan fingerprint density at radius 3 is 2.81 bits per heavy atom. The first kappa shape index (κ1) is 12.5. The van der Waals surface area contributed by atoms with Crippen LogP contribution >= 0.6 is 0 Å². The Hall–Kier alpha value is -1.55. The van der Waals surface area contributed by atoms with Crippen molar-refractivity contribution in [3.05, 3.63) is 29.3 Å². The molecule has 0 aliphatic heterocycles. The lowest BCUT2D eigenvalue weighted by Crippen LogP contribution is -2.07. The van der Waals surface area contributed by atoms with E-state index in [1.165, 1.54) is 13.2 Å². The first-order chi connectivity index (χ1) is 7.60. The van der Waals surface area contributed by atoms with Gasteiger partial charge in [-0.05, 0) is 36.6 Å². The highest BCUT2D eigenvalue weighted by molar-refractivity contribution is 5.92. The minimum Gasteiger partial charge on any atom is -0.507 e. The van der Waals surface area contributed by atoms with Crippen molar-refractivity contribution in [2.45, 2.75) is 19.3 Å². The van der Waals surface area contributed by atoms with Crippen LogP contribution in [-0.2, 0) is 4.74 Å². The van der Waals surface area contributed by atoms with Crippen molar-refractivity contribution in [2.75, 3.05) is 13.7 Å². The summed E-state index contributed by atoms with van der Waals surface area (Å²) < 4.78 is 4.59. The number of hydrogen-bond donors (Lipinski definition) is 2. The molecule has 0 aromatic heterocycles. The predicted molar refractivity (Wildman–Crippen MR) is 61.5 cm³/mol. The minimum atomic E-state index is -0.528. The summed E-state index contributed by atoms with van der Waals surface area (Å²) in [7, 11) is 1.29. The molecule has 16 heavy (non-hydrogen) atoms. The molecule has 3 N–H and O–H groups in total. The SMILES string of the molecule is COC(=O)c1cc(C(C)CCN)ccc1O. The second-order valence-electron chi connectivity index (χ2n) is 3.75. The molecule has 0 saturated carbocycles. The zero-order valence-electron chi connectivity index (χ0n) is 9.56. The third kappa shape index (κ3) is 2.73. The van der Waals surface area contributed by atoms with Gasteiger partial charge < -0.3 is 15.6 Å². The van der Waals surface area contributed by atoms with Gasteiger partial charge in [0.05, 0.1) is 7.11 Å². The monoisotopic (exact) mass is 223 g/mol. The van der Waals surface area contributed by atoms with E-state index in [1.807, 2.05) is 6.92 Å². The fourth-order valence-electron chi connectivity index (χ4n) is 1.55. The number of ether oxygens (including phenoxy) is 1. The lowest BCUT2D eigenvalue weighted by atomic mass is 9.96. The van der Waals surface area contributed by atoms with Crippen LogP contribution in [0.4, 0.5) is 0 Å². The van der Waals surface area contributed by atoms with Gasteiger partial charge >= 0.3 is 5.97 Å². The van der Waals surface area contributed by atoms with Crippen LogP contribution in [-0.4, -0.2) is 24.7 Å². The summed E-state index contributed by atoms with van der Waals surface area (Å²) in [5.41, 5.74) is 6.65. The number of phenols is 1. The maximum atomic E-state index is 11.4. The summed E-state index contributed by atoms with van der Waals surface area (Å²) in [4.78, 5) is 11.4. The lowest BCUT2D eigenvalue weighted by molar-refractivity contribution is 0.0597. The van der Waals surface area contributed by atoms with Gasteiger partial charge in [-0.15, -0.1) is 0 Å². The van der Waals surface area contributed by atoms with Gasteiger partial charge in [-0.25, -0.2) is 4.79 Å². The molecule has 0 aliphatic carbocycles. The van der Waals surface area contributed by atoms with E-state index in [0.29, 0.717) is 6.54 Å². The van der Waals surface area contributed by atoms with Crippen LogP contribution in [0.1, 0.15) is 35.2 Å². The number of benzene rings is 1. The van der Waals surface area contributed by atoms with Gasteiger partial charge in [-0.2, -0.15) is 0 Å². The standard InChI is InChI=1S/C12H17NO3/c1-8(5-6-13)9-3-4-11(14)10(7-9)12(15)16-2/h3-4,7-8,14H,5-6,13H2,1-2H3. The fraction of sp³-hybridized carbons (Fsp3) is 0.417. The van der Waals surface area contributed by atoms with E-state index in [2.05, 4.69) is 4.74 Å². The largest absolute Gasteiger partial charge is 0.507 e. The molecule has 0 saturated heterocycles. The van der Waals surface area contributed by atoms with Crippen LogP contribution in [0.2, 0.25) is 0 Å². The maximum absolute atomic E-state index is 11.4. The second kappa shape index (κ2) is 5.51. The average Bonchev–Trinajstić information content (AvgIpc) is 2.29. The Morgan fingerprint density at radius 1 is 1.56 bits per heavy atom. The Bertz CT molecular complexity index is 377. The average molecular weight is 223 g/mol. The van der Waals surface area contributed by atoms with Crippen molar-refractivity contribution in [3.63, 3.8) is 0 Å². The number of rotatable bonds is 4. The Labute approximate surface area is 95.0 Å². The molecule has 1 aromatic carbocycles. The summed E-state index contributed by atoms with van der Waals surface area (Å²) in [6, 6.07) is 4.96. The van der Waals surface area contributed by atoms with Crippen molar-refractivity contribution in [3.8, 4) is 5.75 Å². The molecule has 4 nitrogen and oxygen atoms in total. The van der Waals surface area contributed by atoms with E-state index in [1.54, 1.807) is 12.1 Å². The summed E-state index contributed by atoms with van der Waals surface area (Å²) in [5, 5.41) is 9.52. The smallest absolute Gasteiger partial charge is 0.341 e. The highest BCUT2D eigenvalue weighted by atomic mass is 16.5.